The maximum absolute atomic E-state index is 13.9. The maximum Gasteiger partial charge on any atom is 0.405 e. The highest BCUT2D eigenvalue weighted by atomic mass is 16.6. The van der Waals surface area contributed by atoms with Crippen molar-refractivity contribution in [3.05, 3.63) is 58.5 Å². The van der Waals surface area contributed by atoms with E-state index in [9.17, 15) is 19.2 Å². The number of amides is 2. The molecule has 1 fully saturated rings. The molecule has 2 bridgehead atoms. The second kappa shape index (κ2) is 18.8. The molecule has 4 N–H and O–H groups in total. The van der Waals surface area contributed by atoms with Gasteiger partial charge in [0.15, 0.2) is 6.10 Å². The number of ketones is 2. The van der Waals surface area contributed by atoms with Crippen molar-refractivity contribution in [2.75, 3.05) is 47.5 Å². The minimum Gasteiger partial charge on any atom is -0.439 e. The number of hydrogen-bond acceptors (Lipinski definition) is 10. The van der Waals surface area contributed by atoms with Crippen LogP contribution >= 0.6 is 0 Å². The number of ether oxygens (including phenoxy) is 4. The van der Waals surface area contributed by atoms with Crippen LogP contribution in [0.25, 0.3) is 0 Å². The molecule has 12 heteroatoms. The maximum atomic E-state index is 13.9. The molecule has 0 aromatic carbocycles. The number of carbonyl (C=O) groups excluding carboxylic acids is 4. The smallest absolute Gasteiger partial charge is 0.405 e. The monoisotopic (exact) mass is 670 g/mol. The van der Waals surface area contributed by atoms with Gasteiger partial charge >= 0.3 is 6.09 Å². The summed E-state index contributed by atoms with van der Waals surface area (Å²) in [5.74, 6) is -1.51. The molecule has 6 atom stereocenters. The molecule has 2 heterocycles. The quantitative estimate of drug-likeness (QED) is 0.258. The SMILES string of the molecule is CO[C@H]1[C@@H](OC)C[C@H](C)CC2=C(NCCN3CCCC3)C(=O)C=C(NC(=O)/C(C)=C/C/C=C\[C@H](OC)[C@@H](OC(N)=O)/C(C)=C/[C@@H]1C)C2=O. The molecule has 12 nitrogen and oxygen atoms in total. The number of primary amides is 1. The van der Waals surface area contributed by atoms with Crippen LogP contribution < -0.4 is 16.4 Å². The van der Waals surface area contributed by atoms with Crippen LogP contribution in [-0.4, -0.2) is 100 Å². The van der Waals surface area contributed by atoms with E-state index in [4.69, 9.17) is 24.7 Å². The van der Waals surface area contributed by atoms with Crippen LogP contribution in [0, 0.1) is 11.8 Å². The molecule has 0 aromatic rings. The first-order valence-corrected chi connectivity index (χ1v) is 16.8. The highest BCUT2D eigenvalue weighted by molar-refractivity contribution is 6.23. The normalized spacial score (nSPS) is 31.6. The zero-order valence-electron chi connectivity index (χ0n) is 29.5. The number of carbonyl (C=O) groups is 4. The number of hydrogen-bond donors (Lipinski definition) is 3. The van der Waals surface area contributed by atoms with Gasteiger partial charge in [-0.3, -0.25) is 14.4 Å². The first-order valence-electron chi connectivity index (χ1n) is 16.8. The predicted octanol–water partition coefficient (Wildman–Crippen LogP) is 3.49. The number of likely N-dealkylation sites (tertiary alicyclic amines) is 1. The van der Waals surface area contributed by atoms with E-state index in [0.29, 0.717) is 36.1 Å². The number of methoxy groups -OCH3 is 3. The van der Waals surface area contributed by atoms with E-state index in [1.807, 2.05) is 26.8 Å². The van der Waals surface area contributed by atoms with Gasteiger partial charge in [0.1, 0.15) is 6.10 Å². The van der Waals surface area contributed by atoms with E-state index in [1.54, 1.807) is 39.4 Å². The summed E-state index contributed by atoms with van der Waals surface area (Å²) in [6.45, 7) is 10.8. The van der Waals surface area contributed by atoms with Gasteiger partial charge in [-0.15, -0.1) is 0 Å². The Hall–Kier alpha value is -3.58. The van der Waals surface area contributed by atoms with Crippen LogP contribution in [0.1, 0.15) is 59.8 Å². The molecule has 0 radical (unpaired) electrons. The first kappa shape index (κ1) is 38.9. The fraction of sp³-hybridized carbons (Fsp3) is 0.611. The fourth-order valence-electron chi connectivity index (χ4n) is 6.64. The standard InChI is InChI=1S/C36H54N4O8/c1-22-18-26-31(38-14-17-40-15-10-11-16-40)28(41)21-27(32(26)42)39-35(43)23(2)12-8-9-13-29(45-5)34(48-36(37)44)25(4)20-24(3)33(47-7)30(19-22)46-6/h9,12-13,20-22,24,29-30,33-34,38H,8,10-11,14-19H2,1-7H3,(H2,37,44)(H,39,43)/b13-9-,23-12+,25-20+/t22-,24+,29+,30+,33-,34+/m1/s1. The van der Waals surface area contributed by atoms with E-state index in [2.05, 4.69) is 15.5 Å². The lowest BCUT2D eigenvalue weighted by atomic mass is 9.85. The second-order valence-electron chi connectivity index (χ2n) is 12.9. The van der Waals surface area contributed by atoms with E-state index in [-0.39, 0.29) is 47.3 Å². The van der Waals surface area contributed by atoms with Crippen LogP contribution in [0.2, 0.25) is 0 Å². The zero-order valence-corrected chi connectivity index (χ0v) is 29.5. The summed E-state index contributed by atoms with van der Waals surface area (Å²) in [7, 11) is 4.73. The number of Topliss-reactive ketones (excluding diaryl/α,β-unsaturated/α-hetero) is 1. The highest BCUT2D eigenvalue weighted by Gasteiger charge is 2.34. The summed E-state index contributed by atoms with van der Waals surface area (Å²) >= 11 is 0. The summed E-state index contributed by atoms with van der Waals surface area (Å²) in [4.78, 5) is 54.8. The molecule has 2 aliphatic heterocycles. The van der Waals surface area contributed by atoms with Gasteiger partial charge in [0.05, 0.1) is 23.6 Å². The van der Waals surface area contributed by atoms with Gasteiger partial charge in [0.2, 0.25) is 11.6 Å². The molecule has 1 aliphatic carbocycles. The lowest BCUT2D eigenvalue weighted by Gasteiger charge is -2.32. The van der Waals surface area contributed by atoms with Gasteiger partial charge in [-0.05, 0) is 70.5 Å². The van der Waals surface area contributed by atoms with Crippen LogP contribution in [0.5, 0.6) is 0 Å². The molecule has 0 spiro atoms. The van der Waals surface area contributed by atoms with Crippen LogP contribution in [-0.2, 0) is 33.3 Å². The van der Waals surface area contributed by atoms with Crippen LogP contribution in [0.3, 0.4) is 0 Å². The molecule has 48 heavy (non-hydrogen) atoms. The van der Waals surface area contributed by atoms with Gasteiger partial charge in [-0.2, -0.15) is 0 Å². The van der Waals surface area contributed by atoms with Gasteiger partial charge in [0, 0.05) is 57.6 Å². The van der Waals surface area contributed by atoms with Gasteiger partial charge in [0.25, 0.3) is 5.91 Å². The van der Waals surface area contributed by atoms with Crippen molar-refractivity contribution in [3.8, 4) is 0 Å². The summed E-state index contributed by atoms with van der Waals surface area (Å²) in [5.41, 5.74) is 7.09. The molecule has 1 saturated heterocycles. The van der Waals surface area contributed by atoms with E-state index in [1.165, 1.54) is 13.2 Å². The summed E-state index contributed by atoms with van der Waals surface area (Å²) in [6, 6.07) is 0. The molecule has 0 unspecified atom stereocenters. The Kier molecular flexibility index (Phi) is 15.2. The van der Waals surface area contributed by atoms with E-state index >= 15 is 0 Å². The molecule has 0 aromatic heterocycles. The zero-order chi connectivity index (χ0) is 35.4. The Bertz CT molecular complexity index is 1330. The first-order chi connectivity index (χ1) is 22.9. The van der Waals surface area contributed by atoms with Crippen molar-refractivity contribution < 1.29 is 38.1 Å². The van der Waals surface area contributed by atoms with Crippen molar-refractivity contribution in [2.45, 2.75) is 84.2 Å². The second-order valence-corrected chi connectivity index (χ2v) is 12.9. The predicted molar refractivity (Wildman–Crippen MR) is 183 cm³/mol. The summed E-state index contributed by atoms with van der Waals surface area (Å²) in [5, 5.41) is 5.94. The lowest BCUT2D eigenvalue weighted by molar-refractivity contribution is -0.120. The van der Waals surface area contributed by atoms with Gasteiger partial charge < -0.3 is 40.2 Å². The summed E-state index contributed by atoms with van der Waals surface area (Å²) < 4.78 is 23.0. The van der Waals surface area contributed by atoms with Crippen LogP contribution in [0.4, 0.5) is 4.79 Å². The molecule has 2 amide bonds. The number of allylic oxidation sites excluding steroid dienone is 4. The Balaban J connectivity index is 2.01. The Morgan fingerprint density at radius 1 is 1.06 bits per heavy atom. The van der Waals surface area contributed by atoms with Crippen molar-refractivity contribution in [3.63, 3.8) is 0 Å². The molecule has 266 valence electrons. The molecular weight excluding hydrogens is 616 g/mol. The Labute approximate surface area is 284 Å². The third kappa shape index (κ3) is 10.7. The third-order valence-electron chi connectivity index (χ3n) is 9.20. The lowest BCUT2D eigenvalue weighted by Crippen LogP contribution is -2.39. The molecule has 3 aliphatic rings. The average Bonchev–Trinajstić information content (AvgIpc) is 3.56. The molecular formula is C36H54N4O8. The van der Waals surface area contributed by atoms with Crippen molar-refractivity contribution in [1.29, 1.82) is 0 Å². The topological polar surface area (TPSA) is 159 Å². The van der Waals surface area contributed by atoms with Crippen molar-refractivity contribution >= 4 is 23.6 Å². The highest BCUT2D eigenvalue weighted by Crippen LogP contribution is 2.29. The fourth-order valence-corrected chi connectivity index (χ4v) is 6.64. The minimum absolute atomic E-state index is 0.0480. The van der Waals surface area contributed by atoms with Crippen LogP contribution in [0.15, 0.2) is 58.5 Å². The van der Waals surface area contributed by atoms with E-state index < -0.39 is 30.3 Å². The number of nitrogens with zero attached hydrogens (tertiary/aromatic N) is 1. The van der Waals surface area contributed by atoms with E-state index in [0.717, 1.165) is 32.5 Å². The minimum atomic E-state index is -0.934. The van der Waals surface area contributed by atoms with Crippen molar-refractivity contribution in [1.82, 2.24) is 15.5 Å². The summed E-state index contributed by atoms with van der Waals surface area (Å²) in [6.07, 6.45) is 8.67. The number of nitrogens with one attached hydrogen (secondary N) is 2. The largest absolute Gasteiger partial charge is 0.439 e. The Morgan fingerprint density at radius 3 is 2.40 bits per heavy atom. The molecule has 3 rings (SSSR count). The van der Waals surface area contributed by atoms with Gasteiger partial charge in [-0.1, -0.05) is 38.2 Å². The number of fused-ring (bicyclic) bond motifs is 2. The number of rotatable bonds is 8. The third-order valence-corrected chi connectivity index (χ3v) is 9.20. The Morgan fingerprint density at radius 2 is 1.77 bits per heavy atom. The number of nitrogens with two attached hydrogens (primary N) is 1. The van der Waals surface area contributed by atoms with Gasteiger partial charge in [-0.25, -0.2) is 4.79 Å². The molecule has 0 saturated carbocycles. The average molecular weight is 671 g/mol. The van der Waals surface area contributed by atoms with Crippen molar-refractivity contribution in [2.24, 2.45) is 17.6 Å².